The molecule has 0 saturated heterocycles. The van der Waals surface area contributed by atoms with Crippen molar-refractivity contribution in [1.82, 2.24) is 0 Å². The third-order valence-electron chi connectivity index (χ3n) is 3.64. The smallest absolute Gasteiger partial charge is 0.293 e. The fourth-order valence-electron chi connectivity index (χ4n) is 2.28. The highest BCUT2D eigenvalue weighted by atomic mass is 32.2. The maximum Gasteiger partial charge on any atom is 0.293 e. The van der Waals surface area contributed by atoms with Crippen molar-refractivity contribution in [2.24, 2.45) is 0 Å². The number of nitrogens with one attached hydrogen (secondary N) is 1. The zero-order chi connectivity index (χ0) is 18.8. The zero-order valence-electron chi connectivity index (χ0n) is 13.8. The van der Waals surface area contributed by atoms with Crippen LogP contribution in [0.3, 0.4) is 0 Å². The van der Waals surface area contributed by atoms with Crippen LogP contribution in [0.1, 0.15) is 18.5 Å². The molecule has 1 atom stereocenters. The lowest BCUT2D eigenvalue weighted by Crippen LogP contribution is -2.09. The van der Waals surface area contributed by atoms with E-state index in [0.717, 1.165) is 12.3 Å². The fraction of sp³-hybridized carbons (Fsp3) is 0.250. The topological polar surface area (TPSA) is 98.5 Å². The molecule has 134 valence electrons. The number of hydrogen-bond acceptors (Lipinski definition) is 6. The highest BCUT2D eigenvalue weighted by Crippen LogP contribution is 2.31. The van der Waals surface area contributed by atoms with E-state index in [1.54, 1.807) is 13.0 Å². The van der Waals surface area contributed by atoms with Crippen molar-refractivity contribution >= 4 is 21.2 Å². The van der Waals surface area contributed by atoms with Gasteiger partial charge in [0.25, 0.3) is 5.69 Å². The average Bonchev–Trinajstić information content (AvgIpc) is 2.53. The molecule has 0 fully saturated rings. The van der Waals surface area contributed by atoms with Gasteiger partial charge < -0.3 is 10.1 Å². The van der Waals surface area contributed by atoms with Gasteiger partial charge >= 0.3 is 0 Å². The maximum atomic E-state index is 13.8. The molecule has 0 heterocycles. The minimum atomic E-state index is -3.57. The maximum absolute atomic E-state index is 13.8. The molecule has 2 aromatic carbocycles. The number of halogens is 1. The Kier molecular flexibility index (Phi) is 5.27. The van der Waals surface area contributed by atoms with Crippen molar-refractivity contribution < 1.29 is 22.5 Å². The molecule has 0 aliphatic rings. The number of hydrogen-bond donors (Lipinski definition) is 1. The number of nitro groups is 1. The summed E-state index contributed by atoms with van der Waals surface area (Å²) in [5, 5.41) is 14.2. The zero-order valence-corrected chi connectivity index (χ0v) is 14.6. The number of benzene rings is 2. The third-order valence-corrected chi connectivity index (χ3v) is 4.75. The highest BCUT2D eigenvalue weighted by molar-refractivity contribution is 7.90. The molecule has 2 rings (SSSR count). The van der Waals surface area contributed by atoms with E-state index in [-0.39, 0.29) is 22.0 Å². The van der Waals surface area contributed by atoms with E-state index in [9.17, 15) is 22.9 Å². The fourth-order valence-corrected chi connectivity index (χ4v) is 2.92. The summed E-state index contributed by atoms with van der Waals surface area (Å²) in [5.41, 5.74) is 0.324. The number of rotatable bonds is 6. The minimum absolute atomic E-state index is 0.0967. The van der Waals surface area contributed by atoms with Crippen molar-refractivity contribution in [3.05, 3.63) is 57.9 Å². The van der Waals surface area contributed by atoms with E-state index in [1.165, 1.54) is 31.4 Å². The van der Waals surface area contributed by atoms with Crippen LogP contribution in [0.5, 0.6) is 5.75 Å². The van der Waals surface area contributed by atoms with E-state index in [0.29, 0.717) is 5.56 Å². The van der Waals surface area contributed by atoms with Crippen LogP contribution in [0.25, 0.3) is 0 Å². The Labute approximate surface area is 144 Å². The summed E-state index contributed by atoms with van der Waals surface area (Å²) in [4.78, 5) is 10.4. The van der Waals surface area contributed by atoms with Crippen LogP contribution in [0.15, 0.2) is 41.3 Å². The number of nitrogens with zero attached hydrogens (tertiary/aromatic N) is 1. The predicted octanol–water partition coefficient (Wildman–Crippen LogP) is 3.32. The van der Waals surface area contributed by atoms with Crippen molar-refractivity contribution in [2.75, 3.05) is 18.7 Å². The summed E-state index contributed by atoms with van der Waals surface area (Å²) in [6.07, 6.45) is 0.974. The summed E-state index contributed by atoms with van der Waals surface area (Å²) in [7, 11) is -2.21. The van der Waals surface area contributed by atoms with Crippen molar-refractivity contribution in [1.29, 1.82) is 0 Å². The van der Waals surface area contributed by atoms with Crippen LogP contribution in [-0.2, 0) is 9.84 Å². The first-order valence-electron chi connectivity index (χ1n) is 7.22. The molecule has 25 heavy (non-hydrogen) atoms. The number of methoxy groups -OCH3 is 1. The number of anilines is 1. The predicted molar refractivity (Wildman–Crippen MR) is 91.2 cm³/mol. The molecule has 0 bridgehead atoms. The third kappa shape index (κ3) is 4.24. The Morgan fingerprint density at radius 1 is 1.24 bits per heavy atom. The van der Waals surface area contributed by atoms with E-state index in [2.05, 4.69) is 5.32 Å². The van der Waals surface area contributed by atoms with Crippen LogP contribution in [0.4, 0.5) is 15.8 Å². The molecule has 2 aromatic rings. The Bertz CT molecular complexity index is 915. The summed E-state index contributed by atoms with van der Waals surface area (Å²) in [6.45, 7) is 1.70. The number of ether oxygens (including phenoxy) is 1. The van der Waals surface area contributed by atoms with E-state index in [1.807, 2.05) is 0 Å². The summed E-state index contributed by atoms with van der Waals surface area (Å²) in [6, 6.07) is 7.52. The van der Waals surface area contributed by atoms with Gasteiger partial charge in [-0.15, -0.1) is 0 Å². The first-order valence-corrected chi connectivity index (χ1v) is 9.11. The Balaban J connectivity index is 2.36. The van der Waals surface area contributed by atoms with Gasteiger partial charge in [0, 0.05) is 18.4 Å². The normalized spacial score (nSPS) is 12.5. The molecule has 0 radical (unpaired) electrons. The van der Waals surface area contributed by atoms with Gasteiger partial charge in [-0.05, 0) is 36.8 Å². The molecule has 9 heteroatoms. The molecule has 0 amide bonds. The SMILES string of the molecule is COc1ccc([C@@H](C)Nc2ccc(S(C)(=O)=O)cc2[N+](=O)[O-])cc1F. The first-order chi connectivity index (χ1) is 11.6. The molecule has 0 aliphatic carbocycles. The van der Waals surface area contributed by atoms with E-state index in [4.69, 9.17) is 4.74 Å². The van der Waals surface area contributed by atoms with Gasteiger partial charge in [-0.3, -0.25) is 10.1 Å². The second-order valence-electron chi connectivity index (χ2n) is 5.47. The largest absolute Gasteiger partial charge is 0.494 e. The molecule has 0 aliphatic heterocycles. The minimum Gasteiger partial charge on any atom is -0.494 e. The second-order valence-corrected chi connectivity index (χ2v) is 7.48. The molecule has 1 N–H and O–H groups in total. The van der Waals surface area contributed by atoms with Gasteiger partial charge in [0.1, 0.15) is 5.69 Å². The summed E-state index contributed by atoms with van der Waals surface area (Å²) < 4.78 is 41.8. The van der Waals surface area contributed by atoms with Gasteiger partial charge in [-0.2, -0.15) is 0 Å². The molecule has 7 nitrogen and oxygen atoms in total. The van der Waals surface area contributed by atoms with E-state index < -0.39 is 26.6 Å². The molecule has 0 saturated carbocycles. The summed E-state index contributed by atoms with van der Waals surface area (Å²) in [5.74, 6) is -0.449. The Hall–Kier alpha value is -2.68. The molecule has 0 aromatic heterocycles. The molecule has 0 spiro atoms. The Morgan fingerprint density at radius 3 is 2.44 bits per heavy atom. The number of nitro benzene ring substituents is 1. The number of sulfone groups is 1. The van der Waals surface area contributed by atoms with Crippen molar-refractivity contribution in [3.8, 4) is 5.75 Å². The van der Waals surface area contributed by atoms with Gasteiger partial charge in [0.2, 0.25) is 0 Å². The first kappa shape index (κ1) is 18.7. The van der Waals surface area contributed by atoms with Crippen molar-refractivity contribution in [3.63, 3.8) is 0 Å². The Morgan fingerprint density at radius 2 is 1.92 bits per heavy atom. The average molecular weight is 368 g/mol. The van der Waals surface area contributed by atoms with Gasteiger partial charge in [-0.25, -0.2) is 12.8 Å². The molecule has 0 unspecified atom stereocenters. The van der Waals surface area contributed by atoms with Crippen LogP contribution in [0.2, 0.25) is 0 Å². The summed E-state index contributed by atoms with van der Waals surface area (Å²) >= 11 is 0. The lowest BCUT2D eigenvalue weighted by Gasteiger charge is -2.17. The second kappa shape index (κ2) is 7.06. The van der Waals surface area contributed by atoms with E-state index >= 15 is 0 Å². The highest BCUT2D eigenvalue weighted by Gasteiger charge is 2.20. The standard InChI is InChI=1S/C16H17FN2O5S/c1-10(11-4-7-16(24-2)13(17)8-11)18-14-6-5-12(25(3,22)23)9-15(14)19(20)21/h4-10,18H,1-3H3/t10-/m1/s1. The van der Waals surface area contributed by atoms with Gasteiger partial charge in [0.15, 0.2) is 21.4 Å². The lowest BCUT2D eigenvalue weighted by atomic mass is 10.1. The van der Waals surface area contributed by atoms with Gasteiger partial charge in [-0.1, -0.05) is 6.07 Å². The molecular formula is C16H17FN2O5S. The van der Waals surface area contributed by atoms with Crippen LogP contribution in [0, 0.1) is 15.9 Å². The lowest BCUT2D eigenvalue weighted by molar-refractivity contribution is -0.384. The van der Waals surface area contributed by atoms with Crippen molar-refractivity contribution in [2.45, 2.75) is 17.9 Å². The molecular weight excluding hydrogens is 351 g/mol. The van der Waals surface area contributed by atoms with Crippen LogP contribution >= 0.6 is 0 Å². The van der Waals surface area contributed by atoms with Crippen LogP contribution < -0.4 is 10.1 Å². The monoisotopic (exact) mass is 368 g/mol. The van der Waals surface area contributed by atoms with Crippen LogP contribution in [-0.4, -0.2) is 26.7 Å². The quantitative estimate of drug-likeness (QED) is 0.620. The van der Waals surface area contributed by atoms with Gasteiger partial charge in [0.05, 0.1) is 16.9 Å².